The van der Waals surface area contributed by atoms with Gasteiger partial charge in [0.25, 0.3) is 0 Å². The second kappa shape index (κ2) is 6.08. The molecule has 2 N–H and O–H groups in total. The first-order valence-corrected chi connectivity index (χ1v) is 7.14. The van der Waals surface area contributed by atoms with Gasteiger partial charge in [-0.2, -0.15) is 0 Å². The van der Waals surface area contributed by atoms with E-state index in [1.165, 1.54) is 0 Å². The molecule has 5 nitrogen and oxygen atoms in total. The average Bonchev–Trinajstić information content (AvgIpc) is 2.41. The summed E-state index contributed by atoms with van der Waals surface area (Å²) in [6, 6.07) is 1.94. The largest absolute Gasteiger partial charge is 0.489 e. The molecule has 2 aromatic heterocycles. The summed E-state index contributed by atoms with van der Waals surface area (Å²) < 4.78 is 5.69. The molecule has 0 unspecified atom stereocenters. The molecule has 0 atom stereocenters. The van der Waals surface area contributed by atoms with Gasteiger partial charge >= 0.3 is 0 Å². The van der Waals surface area contributed by atoms with E-state index in [1.807, 2.05) is 40.7 Å². The Morgan fingerprint density at radius 1 is 1.10 bits per heavy atom. The summed E-state index contributed by atoms with van der Waals surface area (Å²) in [5.74, 6) is 2.20. The van der Waals surface area contributed by atoms with Crippen LogP contribution >= 0.6 is 0 Å². The third-order valence-corrected chi connectivity index (χ3v) is 3.08. The van der Waals surface area contributed by atoms with Crippen molar-refractivity contribution in [2.24, 2.45) is 0 Å². The molecule has 0 spiro atoms. The molecule has 0 aromatic carbocycles. The Labute approximate surface area is 125 Å². The summed E-state index contributed by atoms with van der Waals surface area (Å²) in [6.07, 6.45) is 3.57. The van der Waals surface area contributed by atoms with E-state index in [0.29, 0.717) is 5.82 Å². The lowest BCUT2D eigenvalue weighted by molar-refractivity contribution is 0.241. The van der Waals surface area contributed by atoms with E-state index in [9.17, 15) is 0 Å². The Morgan fingerprint density at radius 3 is 2.43 bits per heavy atom. The van der Waals surface area contributed by atoms with Gasteiger partial charge in [-0.1, -0.05) is 13.8 Å². The monoisotopic (exact) mass is 286 g/mol. The minimum absolute atomic E-state index is 0.102. The average molecular weight is 286 g/mol. The van der Waals surface area contributed by atoms with Crippen LogP contribution in [0.3, 0.4) is 0 Å². The molecule has 0 amide bonds. The topological polar surface area (TPSA) is 73.9 Å². The zero-order valence-electron chi connectivity index (χ0n) is 13.2. The highest BCUT2D eigenvalue weighted by Gasteiger charge is 2.14. The van der Waals surface area contributed by atoms with Crippen molar-refractivity contribution in [3.05, 3.63) is 29.8 Å². The lowest BCUT2D eigenvalue weighted by Crippen LogP contribution is -2.07. The number of aromatic nitrogens is 3. The minimum atomic E-state index is 0.102. The molecule has 0 aliphatic rings. The number of nitrogen functional groups attached to an aromatic ring is 1. The van der Waals surface area contributed by atoms with Crippen LogP contribution in [0.1, 0.15) is 45.0 Å². The molecule has 2 aromatic rings. The molecule has 0 fully saturated rings. The molecule has 2 rings (SSSR count). The van der Waals surface area contributed by atoms with Crippen molar-refractivity contribution in [1.29, 1.82) is 0 Å². The highest BCUT2D eigenvalue weighted by atomic mass is 16.5. The SMILES string of the molecule is Cc1c(N)nc(C(C)C)nc1-c1cncc(OC(C)C)c1. The predicted octanol–water partition coefficient (Wildman–Crippen LogP) is 3.34. The van der Waals surface area contributed by atoms with Gasteiger partial charge in [0.15, 0.2) is 0 Å². The van der Waals surface area contributed by atoms with Gasteiger partial charge in [0, 0.05) is 23.2 Å². The van der Waals surface area contributed by atoms with Crippen LogP contribution in [0.4, 0.5) is 5.82 Å². The molecule has 2 heterocycles. The normalized spacial score (nSPS) is 11.2. The highest BCUT2D eigenvalue weighted by molar-refractivity contribution is 5.67. The Bertz CT molecular complexity index is 638. The van der Waals surface area contributed by atoms with Crippen LogP contribution in [-0.2, 0) is 0 Å². The van der Waals surface area contributed by atoms with Crippen LogP contribution in [-0.4, -0.2) is 21.1 Å². The van der Waals surface area contributed by atoms with Gasteiger partial charge in [0.2, 0.25) is 0 Å². The van der Waals surface area contributed by atoms with Crippen molar-refractivity contribution in [3.8, 4) is 17.0 Å². The van der Waals surface area contributed by atoms with Crippen LogP contribution in [0.15, 0.2) is 18.5 Å². The Hall–Kier alpha value is -2.17. The first-order chi connectivity index (χ1) is 9.88. The Kier molecular flexibility index (Phi) is 4.40. The minimum Gasteiger partial charge on any atom is -0.489 e. The molecule has 5 heteroatoms. The van der Waals surface area contributed by atoms with Crippen LogP contribution in [0.5, 0.6) is 5.75 Å². The molecular weight excluding hydrogens is 264 g/mol. The maximum absolute atomic E-state index is 6.01. The van der Waals surface area contributed by atoms with E-state index in [-0.39, 0.29) is 12.0 Å². The fourth-order valence-corrected chi connectivity index (χ4v) is 1.98. The number of ether oxygens (including phenoxy) is 1. The summed E-state index contributed by atoms with van der Waals surface area (Å²) in [6.45, 7) is 9.98. The van der Waals surface area contributed by atoms with Gasteiger partial charge in [0.1, 0.15) is 17.4 Å². The highest BCUT2D eigenvalue weighted by Crippen LogP contribution is 2.28. The standard InChI is InChI=1S/C16H22N4O/c1-9(2)16-19-14(11(5)15(17)20-16)12-6-13(8-18-7-12)21-10(3)4/h6-10H,1-5H3,(H2,17,19,20). The van der Waals surface area contributed by atoms with Crippen molar-refractivity contribution in [1.82, 2.24) is 15.0 Å². The molecule has 0 aliphatic carbocycles. The van der Waals surface area contributed by atoms with Crippen LogP contribution < -0.4 is 10.5 Å². The molecule has 0 radical (unpaired) electrons. The molecule has 0 bridgehead atoms. The van der Waals surface area contributed by atoms with Crippen molar-refractivity contribution in [2.75, 3.05) is 5.73 Å². The summed E-state index contributed by atoms with van der Waals surface area (Å²) in [5, 5.41) is 0. The van der Waals surface area contributed by atoms with Gasteiger partial charge in [-0.05, 0) is 26.8 Å². The fourth-order valence-electron chi connectivity index (χ4n) is 1.98. The zero-order chi connectivity index (χ0) is 15.6. The number of nitrogens with two attached hydrogens (primary N) is 1. The van der Waals surface area contributed by atoms with E-state index in [2.05, 4.69) is 15.0 Å². The van der Waals surface area contributed by atoms with E-state index in [4.69, 9.17) is 10.5 Å². The van der Waals surface area contributed by atoms with E-state index >= 15 is 0 Å². The number of nitrogens with zero attached hydrogens (tertiary/aromatic N) is 3. The maximum Gasteiger partial charge on any atom is 0.138 e. The van der Waals surface area contributed by atoms with Crippen LogP contribution in [0, 0.1) is 6.92 Å². The molecule has 0 saturated heterocycles. The number of rotatable bonds is 4. The molecule has 0 aliphatic heterocycles. The quantitative estimate of drug-likeness (QED) is 0.933. The summed E-state index contributed by atoms with van der Waals surface area (Å²) in [4.78, 5) is 13.2. The first kappa shape index (κ1) is 15.2. The second-order valence-electron chi connectivity index (χ2n) is 5.67. The second-order valence-corrected chi connectivity index (χ2v) is 5.67. The van der Waals surface area contributed by atoms with Crippen molar-refractivity contribution in [2.45, 2.75) is 46.6 Å². The first-order valence-electron chi connectivity index (χ1n) is 7.14. The van der Waals surface area contributed by atoms with Gasteiger partial charge in [-0.15, -0.1) is 0 Å². The summed E-state index contributed by atoms with van der Waals surface area (Å²) in [5.41, 5.74) is 8.58. The number of hydrogen-bond acceptors (Lipinski definition) is 5. The van der Waals surface area contributed by atoms with Crippen LogP contribution in [0.25, 0.3) is 11.3 Å². The van der Waals surface area contributed by atoms with Crippen molar-refractivity contribution >= 4 is 5.82 Å². The summed E-state index contributed by atoms with van der Waals surface area (Å²) in [7, 11) is 0. The molecular formula is C16H22N4O. The molecule has 112 valence electrons. The maximum atomic E-state index is 6.01. The fraction of sp³-hybridized carbons (Fsp3) is 0.438. The zero-order valence-corrected chi connectivity index (χ0v) is 13.2. The van der Waals surface area contributed by atoms with Gasteiger partial charge in [-0.25, -0.2) is 9.97 Å². The van der Waals surface area contributed by atoms with Gasteiger partial charge < -0.3 is 10.5 Å². The predicted molar refractivity (Wildman–Crippen MR) is 84.3 cm³/mol. The number of anilines is 1. The molecule has 0 saturated carbocycles. The van der Waals surface area contributed by atoms with Gasteiger partial charge in [-0.3, -0.25) is 4.98 Å². The van der Waals surface area contributed by atoms with E-state index in [1.54, 1.807) is 12.4 Å². The third-order valence-electron chi connectivity index (χ3n) is 3.08. The van der Waals surface area contributed by atoms with E-state index in [0.717, 1.165) is 28.4 Å². The van der Waals surface area contributed by atoms with Crippen molar-refractivity contribution in [3.63, 3.8) is 0 Å². The third kappa shape index (κ3) is 3.48. The van der Waals surface area contributed by atoms with Crippen LogP contribution in [0.2, 0.25) is 0 Å². The molecule has 21 heavy (non-hydrogen) atoms. The Balaban J connectivity index is 2.50. The van der Waals surface area contributed by atoms with E-state index < -0.39 is 0 Å². The lowest BCUT2D eigenvalue weighted by atomic mass is 10.1. The smallest absolute Gasteiger partial charge is 0.138 e. The Morgan fingerprint density at radius 2 is 1.81 bits per heavy atom. The number of hydrogen-bond donors (Lipinski definition) is 1. The van der Waals surface area contributed by atoms with Gasteiger partial charge in [0.05, 0.1) is 18.0 Å². The number of pyridine rings is 1. The summed E-state index contributed by atoms with van der Waals surface area (Å²) >= 11 is 0. The lowest BCUT2D eigenvalue weighted by Gasteiger charge is -2.13. The van der Waals surface area contributed by atoms with Crippen molar-refractivity contribution < 1.29 is 4.74 Å².